The Balaban J connectivity index is 3.28. The van der Waals surface area contributed by atoms with Crippen LogP contribution in [-0.4, -0.2) is 61.0 Å². The van der Waals surface area contributed by atoms with Crippen LogP contribution in [0, 0.1) is 17.8 Å². The average molecular weight is 598 g/mol. The summed E-state index contributed by atoms with van der Waals surface area (Å²) < 4.78 is 31.4. The summed E-state index contributed by atoms with van der Waals surface area (Å²) in [4.78, 5) is 48.9. The second kappa shape index (κ2) is 17.4. The zero-order valence-electron chi connectivity index (χ0n) is 26.0. The lowest BCUT2D eigenvalue weighted by molar-refractivity contribution is -0.139. The van der Waals surface area contributed by atoms with Crippen LogP contribution in [0.2, 0.25) is 0 Å². The number of ether oxygens (including phenoxy) is 6. The maximum Gasteiger partial charge on any atom is 0.513 e. The summed E-state index contributed by atoms with van der Waals surface area (Å²) in [6, 6.07) is 2.73. The van der Waals surface area contributed by atoms with E-state index in [1.165, 1.54) is 18.2 Å². The molecule has 0 heterocycles. The standard InChI is InChI=1S/C30H47NO11/c1-9-30(7,8)42-29(36)39-17-20(6)24(25(31)26(32)33)21-10-11-22(40-27(34)37-14-12-18(2)3)23(16-21)41-28(35)38-15-13-19(4)5/h10-11,16,18-20,24-25H,9,12-15,17,31H2,1-8H3,(H,32,33)/t20?,24?,25-/m0/s1. The summed E-state index contributed by atoms with van der Waals surface area (Å²) in [5.41, 5.74) is 5.65. The minimum Gasteiger partial charge on any atom is -0.480 e. The number of benzene rings is 1. The Morgan fingerprint density at radius 3 is 1.83 bits per heavy atom. The highest BCUT2D eigenvalue weighted by Crippen LogP contribution is 2.36. The summed E-state index contributed by atoms with van der Waals surface area (Å²) in [6.45, 7) is 14.9. The van der Waals surface area contributed by atoms with Crippen LogP contribution < -0.4 is 15.2 Å². The Kier molecular flexibility index (Phi) is 15.1. The van der Waals surface area contributed by atoms with Gasteiger partial charge in [-0.15, -0.1) is 0 Å². The molecule has 12 nitrogen and oxygen atoms in total. The van der Waals surface area contributed by atoms with Crippen LogP contribution in [0.1, 0.15) is 86.1 Å². The highest BCUT2D eigenvalue weighted by atomic mass is 16.7. The first-order chi connectivity index (χ1) is 19.6. The van der Waals surface area contributed by atoms with Gasteiger partial charge in [0, 0.05) is 5.92 Å². The highest BCUT2D eigenvalue weighted by Gasteiger charge is 2.33. The number of carbonyl (C=O) groups excluding carboxylic acids is 3. The molecule has 1 aromatic rings. The van der Waals surface area contributed by atoms with Crippen molar-refractivity contribution < 1.29 is 52.7 Å². The Morgan fingerprint density at radius 2 is 1.36 bits per heavy atom. The molecule has 0 saturated heterocycles. The zero-order chi connectivity index (χ0) is 32.0. The van der Waals surface area contributed by atoms with Crippen LogP contribution >= 0.6 is 0 Å². The number of carboxylic acid groups (broad SMARTS) is 1. The Labute approximate surface area is 248 Å². The van der Waals surface area contributed by atoms with E-state index in [4.69, 9.17) is 34.2 Å². The van der Waals surface area contributed by atoms with Gasteiger partial charge in [-0.05, 0) is 68.6 Å². The molecule has 0 amide bonds. The van der Waals surface area contributed by atoms with Gasteiger partial charge in [0.25, 0.3) is 0 Å². The predicted molar refractivity (Wildman–Crippen MR) is 154 cm³/mol. The Bertz CT molecular complexity index is 1040. The largest absolute Gasteiger partial charge is 0.513 e. The lowest BCUT2D eigenvalue weighted by Crippen LogP contribution is -2.41. The first kappa shape index (κ1) is 36.5. The Morgan fingerprint density at radius 1 is 0.833 bits per heavy atom. The minimum absolute atomic E-state index is 0.107. The van der Waals surface area contributed by atoms with E-state index in [9.17, 15) is 24.3 Å². The van der Waals surface area contributed by atoms with Crippen molar-refractivity contribution in [1.82, 2.24) is 0 Å². The molecule has 0 aliphatic rings. The average Bonchev–Trinajstić information content (AvgIpc) is 2.88. The normalized spacial score (nSPS) is 13.6. The molecule has 0 aromatic heterocycles. The number of hydrogen-bond acceptors (Lipinski definition) is 11. The van der Waals surface area contributed by atoms with Gasteiger partial charge in [0.15, 0.2) is 11.5 Å². The van der Waals surface area contributed by atoms with Crippen molar-refractivity contribution in [3.8, 4) is 11.5 Å². The SMILES string of the molecule is CCC(C)(C)OC(=O)OCC(C)C(c1ccc(OC(=O)OCCC(C)C)c(OC(=O)OCCC(C)C)c1)[C@H](N)C(=O)O. The van der Waals surface area contributed by atoms with Crippen LogP contribution in [0.3, 0.4) is 0 Å². The third-order valence-corrected chi connectivity index (χ3v) is 6.53. The first-order valence-corrected chi connectivity index (χ1v) is 14.2. The van der Waals surface area contributed by atoms with Gasteiger partial charge in [0.05, 0.1) is 19.8 Å². The van der Waals surface area contributed by atoms with E-state index in [2.05, 4.69) is 0 Å². The number of aliphatic carboxylic acids is 1. The van der Waals surface area contributed by atoms with Crippen molar-refractivity contribution in [3.05, 3.63) is 23.8 Å². The van der Waals surface area contributed by atoms with Gasteiger partial charge in [-0.1, -0.05) is 47.6 Å². The summed E-state index contributed by atoms with van der Waals surface area (Å²) in [6.07, 6.45) is -1.15. The molecule has 238 valence electrons. The summed E-state index contributed by atoms with van der Waals surface area (Å²) in [5.74, 6) is -2.60. The van der Waals surface area contributed by atoms with E-state index < -0.39 is 47.9 Å². The molecular formula is C30H47NO11. The topological polar surface area (TPSA) is 170 Å². The molecule has 0 fully saturated rings. The number of carboxylic acids is 1. The van der Waals surface area contributed by atoms with Crippen molar-refractivity contribution in [2.75, 3.05) is 19.8 Å². The molecule has 2 unspecified atom stereocenters. The van der Waals surface area contributed by atoms with Gasteiger partial charge in [0.2, 0.25) is 0 Å². The van der Waals surface area contributed by atoms with Gasteiger partial charge in [-0.2, -0.15) is 0 Å². The number of rotatable bonds is 16. The molecular weight excluding hydrogens is 550 g/mol. The lowest BCUT2D eigenvalue weighted by atomic mass is 9.82. The lowest BCUT2D eigenvalue weighted by Gasteiger charge is -2.28. The van der Waals surface area contributed by atoms with E-state index in [0.717, 1.165) is 0 Å². The van der Waals surface area contributed by atoms with E-state index in [0.29, 0.717) is 30.7 Å². The van der Waals surface area contributed by atoms with Crippen molar-refractivity contribution in [2.45, 2.75) is 92.2 Å². The second-order valence-electron chi connectivity index (χ2n) is 11.6. The summed E-state index contributed by atoms with van der Waals surface area (Å²) >= 11 is 0. The predicted octanol–water partition coefficient (Wildman–Crippen LogP) is 6.28. The third kappa shape index (κ3) is 13.4. The van der Waals surface area contributed by atoms with Crippen LogP contribution in [-0.2, 0) is 23.7 Å². The van der Waals surface area contributed by atoms with E-state index in [1.807, 2.05) is 34.6 Å². The molecule has 0 aliphatic carbocycles. The molecule has 0 aliphatic heterocycles. The molecule has 0 saturated carbocycles. The quantitative estimate of drug-likeness (QED) is 0.124. The fraction of sp³-hybridized carbons (Fsp3) is 0.667. The number of nitrogens with two attached hydrogens (primary N) is 1. The number of hydrogen-bond donors (Lipinski definition) is 2. The van der Waals surface area contributed by atoms with E-state index in [-0.39, 0.29) is 37.2 Å². The van der Waals surface area contributed by atoms with Crippen molar-refractivity contribution in [3.63, 3.8) is 0 Å². The molecule has 12 heteroatoms. The second-order valence-corrected chi connectivity index (χ2v) is 11.6. The third-order valence-electron chi connectivity index (χ3n) is 6.53. The fourth-order valence-corrected chi connectivity index (χ4v) is 3.56. The monoisotopic (exact) mass is 597 g/mol. The van der Waals surface area contributed by atoms with Crippen molar-refractivity contribution >= 4 is 24.4 Å². The van der Waals surface area contributed by atoms with Gasteiger partial charge < -0.3 is 39.3 Å². The van der Waals surface area contributed by atoms with Crippen molar-refractivity contribution in [1.29, 1.82) is 0 Å². The zero-order valence-corrected chi connectivity index (χ0v) is 26.0. The molecule has 1 rings (SSSR count). The van der Waals surface area contributed by atoms with Crippen LogP contribution in [0.15, 0.2) is 18.2 Å². The first-order valence-electron chi connectivity index (χ1n) is 14.2. The maximum atomic E-state index is 12.4. The maximum absolute atomic E-state index is 12.4. The Hall–Kier alpha value is -3.54. The van der Waals surface area contributed by atoms with Crippen LogP contribution in [0.25, 0.3) is 0 Å². The van der Waals surface area contributed by atoms with Crippen molar-refractivity contribution in [2.24, 2.45) is 23.5 Å². The summed E-state index contributed by atoms with van der Waals surface area (Å²) in [5, 5.41) is 9.73. The van der Waals surface area contributed by atoms with E-state index >= 15 is 0 Å². The number of carbonyl (C=O) groups is 4. The van der Waals surface area contributed by atoms with Crippen LogP contribution in [0.4, 0.5) is 14.4 Å². The molecule has 1 aromatic carbocycles. The molecule has 42 heavy (non-hydrogen) atoms. The minimum atomic E-state index is -1.43. The fourth-order valence-electron chi connectivity index (χ4n) is 3.56. The molecule has 3 atom stereocenters. The van der Waals surface area contributed by atoms with Gasteiger partial charge in [-0.3, -0.25) is 4.79 Å². The van der Waals surface area contributed by atoms with Gasteiger partial charge >= 0.3 is 24.4 Å². The smallest absolute Gasteiger partial charge is 0.480 e. The molecule has 0 radical (unpaired) electrons. The summed E-state index contributed by atoms with van der Waals surface area (Å²) in [7, 11) is 0. The highest BCUT2D eigenvalue weighted by molar-refractivity contribution is 5.75. The van der Waals surface area contributed by atoms with Gasteiger partial charge in [0.1, 0.15) is 11.6 Å². The molecule has 0 bridgehead atoms. The molecule has 0 spiro atoms. The molecule has 3 N–H and O–H groups in total. The van der Waals surface area contributed by atoms with Crippen LogP contribution in [0.5, 0.6) is 11.5 Å². The van der Waals surface area contributed by atoms with Gasteiger partial charge in [-0.25, -0.2) is 14.4 Å². The van der Waals surface area contributed by atoms with E-state index in [1.54, 1.807) is 20.8 Å².